The van der Waals surface area contributed by atoms with Gasteiger partial charge < -0.3 is 29.1 Å². The summed E-state index contributed by atoms with van der Waals surface area (Å²) in [5.41, 5.74) is 5.40. The lowest BCUT2D eigenvalue weighted by atomic mass is 9.72. The third kappa shape index (κ3) is 7.91. The predicted molar refractivity (Wildman–Crippen MR) is 241 cm³/mol. The van der Waals surface area contributed by atoms with E-state index in [-0.39, 0.29) is 28.7 Å². The molecule has 2 N–H and O–H groups in total. The van der Waals surface area contributed by atoms with E-state index in [4.69, 9.17) is 44.1 Å². The molecule has 2 saturated heterocycles. The number of likely N-dealkylation sites (N-methyl/N-ethyl adjacent to an activating group) is 1. The van der Waals surface area contributed by atoms with Crippen LogP contribution in [0.15, 0.2) is 65.2 Å². The summed E-state index contributed by atoms with van der Waals surface area (Å²) in [7, 11) is -1.16. The highest BCUT2D eigenvalue weighted by atomic mass is 32.1. The van der Waals surface area contributed by atoms with Crippen molar-refractivity contribution in [1.82, 2.24) is 30.0 Å². The number of aromatic nitrogens is 5. The first-order valence-electron chi connectivity index (χ1n) is 21.5. The van der Waals surface area contributed by atoms with Gasteiger partial charge in [0.2, 0.25) is 23.5 Å². The number of thiophene rings is 1. The summed E-state index contributed by atoms with van der Waals surface area (Å²) < 4.78 is 41.6. The number of nitrogens with two attached hydrogens (primary N) is 1. The molecule has 0 radical (unpaired) electrons. The van der Waals surface area contributed by atoms with Crippen molar-refractivity contribution in [2.75, 3.05) is 44.0 Å². The van der Waals surface area contributed by atoms with Crippen LogP contribution in [-0.2, 0) is 21.0 Å². The van der Waals surface area contributed by atoms with Crippen LogP contribution in [0.5, 0.6) is 6.01 Å². The van der Waals surface area contributed by atoms with Crippen LogP contribution < -0.4 is 25.7 Å². The summed E-state index contributed by atoms with van der Waals surface area (Å²) in [6.45, 7) is 18.4. The molecule has 1 unspecified atom stereocenters. The maximum absolute atomic E-state index is 14.6. The van der Waals surface area contributed by atoms with E-state index < -0.39 is 37.1 Å². The fourth-order valence-corrected chi connectivity index (χ4v) is 15.8. The molecule has 3 aromatic heterocycles. The lowest BCUT2D eigenvalue weighted by Gasteiger charge is -2.49. The first-order valence-corrected chi connectivity index (χ1v) is 24.2. The van der Waals surface area contributed by atoms with Crippen LogP contribution in [0.25, 0.3) is 11.6 Å². The van der Waals surface area contributed by atoms with Crippen LogP contribution in [0.3, 0.4) is 0 Å². The zero-order valence-corrected chi connectivity index (χ0v) is 39.1. The van der Waals surface area contributed by atoms with E-state index in [0.717, 1.165) is 33.7 Å². The van der Waals surface area contributed by atoms with E-state index in [9.17, 15) is 9.65 Å². The molecule has 0 saturated carbocycles. The van der Waals surface area contributed by atoms with Crippen LogP contribution in [-0.4, -0.2) is 101 Å². The SMILES string of the molecule is C[C@H](Oc1nc(-c2noc([C@@]3(C)CCCc4sc(N)c(C#N)c43)n2)nc(N2CC(C)(O[Si](c3ccccc3)(c3ccccc3)C(C)(C)C)COCC2(C)C)n1)[C@@H]1C[C@@H](F)CN1C. The number of nitriles is 1. The van der Waals surface area contributed by atoms with Crippen molar-refractivity contribution in [3.8, 4) is 23.7 Å². The lowest BCUT2D eigenvalue weighted by Crippen LogP contribution is -2.71. The van der Waals surface area contributed by atoms with Gasteiger partial charge in [0.25, 0.3) is 8.32 Å². The van der Waals surface area contributed by atoms with Gasteiger partial charge in [-0.1, -0.05) is 86.6 Å². The zero-order valence-electron chi connectivity index (χ0n) is 37.2. The minimum atomic E-state index is -3.06. The standard InChI is InChI=1S/C46H58FN9O4SSi/c1-29(34-23-30(47)25-55(34)9)58-42-52-38(39-50-40(59-54-39)46(8)22-16-21-35-36(46)33(24-48)37(49)61-35)51-41(53-42)56-26-45(7,28-57-27-44(56,5)6)60-62(43(2,3)4,31-17-12-10-13-18-31)32-19-14-11-15-20-32/h10-15,17-20,29-30,34H,16,21-23,25-28,49H2,1-9H3/t29-,30+,34-,45?,46-/m0/s1. The molecule has 2 aromatic carbocycles. The van der Waals surface area contributed by atoms with Crippen molar-refractivity contribution in [3.05, 3.63) is 82.6 Å². The van der Waals surface area contributed by atoms with Crippen molar-refractivity contribution in [2.24, 2.45) is 0 Å². The molecular formula is C46H58FN9O4SSi. The number of anilines is 2. The molecule has 0 amide bonds. The number of fused-ring (bicyclic) bond motifs is 1. The van der Waals surface area contributed by atoms with Gasteiger partial charge in [0.05, 0.1) is 41.9 Å². The summed E-state index contributed by atoms with van der Waals surface area (Å²) in [5, 5.41) is 17.1. The Morgan fingerprint density at radius 3 is 2.27 bits per heavy atom. The van der Waals surface area contributed by atoms with Crippen molar-refractivity contribution >= 4 is 41.0 Å². The zero-order chi connectivity index (χ0) is 44.2. The molecule has 13 nitrogen and oxygen atoms in total. The van der Waals surface area contributed by atoms with E-state index in [2.05, 4.69) is 106 Å². The summed E-state index contributed by atoms with van der Waals surface area (Å²) in [5.74, 6) is 0.962. The van der Waals surface area contributed by atoms with Gasteiger partial charge >= 0.3 is 6.01 Å². The van der Waals surface area contributed by atoms with Crippen molar-refractivity contribution in [2.45, 2.75) is 121 Å². The molecule has 5 heterocycles. The van der Waals surface area contributed by atoms with E-state index in [0.29, 0.717) is 61.5 Å². The first-order chi connectivity index (χ1) is 29.4. The Labute approximate surface area is 369 Å². The second kappa shape index (κ2) is 16.4. The normalized spacial score (nSPS) is 24.9. The number of likely N-dealkylation sites (tertiary alicyclic amines) is 1. The maximum atomic E-state index is 14.6. The van der Waals surface area contributed by atoms with Gasteiger partial charge in [-0.15, -0.1) is 11.3 Å². The summed E-state index contributed by atoms with van der Waals surface area (Å²) in [6.07, 6.45) is 1.31. The van der Waals surface area contributed by atoms with Gasteiger partial charge in [-0.05, 0) is 82.8 Å². The van der Waals surface area contributed by atoms with Crippen LogP contribution >= 0.6 is 11.3 Å². The highest BCUT2D eigenvalue weighted by Gasteiger charge is 2.55. The van der Waals surface area contributed by atoms with Crippen LogP contribution in [0.1, 0.15) is 96.5 Å². The average molecular weight is 880 g/mol. The minimum absolute atomic E-state index is 0.0543. The largest absolute Gasteiger partial charge is 0.459 e. The molecule has 1 aliphatic carbocycles. The molecular weight excluding hydrogens is 822 g/mol. The molecule has 62 heavy (non-hydrogen) atoms. The van der Waals surface area contributed by atoms with Crippen molar-refractivity contribution in [3.63, 3.8) is 0 Å². The van der Waals surface area contributed by atoms with Crippen LogP contribution in [0.4, 0.5) is 15.3 Å². The van der Waals surface area contributed by atoms with Crippen LogP contribution in [0.2, 0.25) is 5.04 Å². The van der Waals surface area contributed by atoms with Gasteiger partial charge in [-0.3, -0.25) is 4.90 Å². The number of hydrogen-bond donors (Lipinski definition) is 1. The molecule has 328 valence electrons. The molecule has 5 atom stereocenters. The monoisotopic (exact) mass is 879 g/mol. The Bertz CT molecular complexity index is 2400. The van der Waals surface area contributed by atoms with Gasteiger partial charge in [-0.25, -0.2) is 4.39 Å². The number of halogens is 1. The summed E-state index contributed by atoms with van der Waals surface area (Å²) in [4.78, 5) is 25.0. The number of hydrogen-bond acceptors (Lipinski definition) is 14. The number of benzene rings is 2. The van der Waals surface area contributed by atoms with Crippen LogP contribution in [0, 0.1) is 11.3 Å². The van der Waals surface area contributed by atoms with Gasteiger partial charge in [0.1, 0.15) is 23.3 Å². The predicted octanol–water partition coefficient (Wildman–Crippen LogP) is 6.84. The molecule has 3 aliphatic rings. The second-order valence-electron chi connectivity index (χ2n) is 19.4. The second-order valence-corrected chi connectivity index (χ2v) is 24.7. The summed E-state index contributed by atoms with van der Waals surface area (Å²) in [6, 6.07) is 23.3. The van der Waals surface area contributed by atoms with E-state index in [1.807, 2.05) is 37.9 Å². The molecule has 5 aromatic rings. The molecule has 0 bridgehead atoms. The molecule has 2 aliphatic heterocycles. The molecule has 0 spiro atoms. The quantitative estimate of drug-likeness (QED) is 0.145. The minimum Gasteiger partial charge on any atom is -0.459 e. The van der Waals surface area contributed by atoms with E-state index >= 15 is 0 Å². The fourth-order valence-electron chi connectivity index (χ4n) is 9.84. The Morgan fingerprint density at radius 1 is 0.984 bits per heavy atom. The topological polar surface area (TPSA) is 162 Å². The Morgan fingerprint density at radius 2 is 1.66 bits per heavy atom. The van der Waals surface area contributed by atoms with Crippen molar-refractivity contribution < 1.29 is 22.8 Å². The molecule has 16 heteroatoms. The maximum Gasteiger partial charge on any atom is 0.322 e. The smallest absolute Gasteiger partial charge is 0.322 e. The van der Waals surface area contributed by atoms with Gasteiger partial charge in [0.15, 0.2) is 0 Å². The fraction of sp³-hybridized carbons (Fsp3) is 0.522. The van der Waals surface area contributed by atoms with E-state index in [1.165, 1.54) is 11.3 Å². The van der Waals surface area contributed by atoms with Crippen molar-refractivity contribution in [1.29, 1.82) is 5.26 Å². The molecule has 2 fully saturated rings. The number of rotatable bonds is 10. The third-order valence-corrected chi connectivity index (χ3v) is 19.3. The Balaban J connectivity index is 1.23. The lowest BCUT2D eigenvalue weighted by molar-refractivity contribution is -0.00552. The number of alkyl halides is 1. The average Bonchev–Trinajstić information content (AvgIpc) is 3.94. The van der Waals surface area contributed by atoms with E-state index in [1.54, 1.807) is 0 Å². The number of ether oxygens (including phenoxy) is 2. The Kier molecular flexibility index (Phi) is 11.6. The highest BCUT2D eigenvalue weighted by Crippen LogP contribution is 2.49. The summed E-state index contributed by atoms with van der Waals surface area (Å²) >= 11 is 1.45. The highest BCUT2D eigenvalue weighted by molar-refractivity contribution is 7.16. The number of nitrogen functional groups attached to an aromatic ring is 1. The molecule has 8 rings (SSSR count). The first kappa shape index (κ1) is 43.8. The third-order valence-electron chi connectivity index (χ3n) is 13.0. The van der Waals surface area contributed by atoms with Gasteiger partial charge in [0, 0.05) is 23.0 Å². The number of aryl methyl sites for hydroxylation is 1. The van der Waals surface area contributed by atoms with Gasteiger partial charge in [-0.2, -0.15) is 25.2 Å². The number of nitrogens with zero attached hydrogens (tertiary/aromatic N) is 8. The Hall–Kier alpha value is -4.79.